The lowest BCUT2D eigenvalue weighted by Crippen LogP contribution is -2.19. The molecule has 112 valence electrons. The molecule has 2 nitrogen and oxygen atoms in total. The third-order valence-electron chi connectivity index (χ3n) is 3.32. The Hall–Kier alpha value is -0.960. The van der Waals surface area contributed by atoms with Gasteiger partial charge in [0.2, 0.25) is 0 Å². The highest BCUT2D eigenvalue weighted by Crippen LogP contribution is 2.39. The Labute approximate surface area is 127 Å². The molecule has 0 fully saturated rings. The minimum atomic E-state index is -0.195. The highest BCUT2D eigenvalue weighted by Gasteiger charge is 2.27. The molecule has 0 radical (unpaired) electrons. The van der Waals surface area contributed by atoms with Crippen LogP contribution in [0.3, 0.4) is 0 Å². The van der Waals surface area contributed by atoms with Crippen LogP contribution in [0.1, 0.15) is 63.0 Å². The summed E-state index contributed by atoms with van der Waals surface area (Å²) in [5.41, 5.74) is 2.00. The van der Waals surface area contributed by atoms with Crippen LogP contribution in [0.15, 0.2) is 12.1 Å². The summed E-state index contributed by atoms with van der Waals surface area (Å²) in [6, 6.07) is 3.70. The van der Waals surface area contributed by atoms with E-state index < -0.39 is 0 Å². The van der Waals surface area contributed by atoms with Crippen molar-refractivity contribution in [3.8, 4) is 5.75 Å². The number of phenols is 1. The molecular weight excluding hydrogens is 268 g/mol. The fourth-order valence-corrected chi connectivity index (χ4v) is 2.58. The number of phenolic OH excluding ortho intramolecular Hbond substituents is 1. The van der Waals surface area contributed by atoms with Crippen molar-refractivity contribution in [1.29, 1.82) is 0 Å². The summed E-state index contributed by atoms with van der Waals surface area (Å²) in [5, 5.41) is 10.6. The van der Waals surface area contributed by atoms with E-state index in [1.54, 1.807) is 0 Å². The maximum atomic E-state index is 12.2. The number of aromatic hydroxyl groups is 1. The zero-order chi connectivity index (χ0) is 15.7. The number of carbonyl (C=O) groups excluding carboxylic acids is 1. The van der Waals surface area contributed by atoms with E-state index in [1.165, 1.54) is 11.8 Å². The third-order valence-corrected chi connectivity index (χ3v) is 3.87. The summed E-state index contributed by atoms with van der Waals surface area (Å²) in [7, 11) is 0. The molecule has 0 heterocycles. The average molecular weight is 294 g/mol. The molecule has 0 aliphatic heterocycles. The van der Waals surface area contributed by atoms with Crippen molar-refractivity contribution in [1.82, 2.24) is 0 Å². The fraction of sp³-hybridized carbons (Fsp3) is 0.588. The van der Waals surface area contributed by atoms with Gasteiger partial charge in [-0.1, -0.05) is 41.5 Å². The summed E-state index contributed by atoms with van der Waals surface area (Å²) in [4.78, 5) is 12.2. The van der Waals surface area contributed by atoms with Gasteiger partial charge in [0, 0.05) is 16.7 Å². The SMILES string of the molecule is CSCC(=O)c1cc(C(C)(C)C)c(O)c(C(C)(C)C)c1. The van der Waals surface area contributed by atoms with Crippen molar-refractivity contribution < 1.29 is 9.90 Å². The van der Waals surface area contributed by atoms with Crippen molar-refractivity contribution in [3.63, 3.8) is 0 Å². The Morgan fingerprint density at radius 2 is 1.45 bits per heavy atom. The molecule has 0 aliphatic carbocycles. The fourth-order valence-electron chi connectivity index (χ4n) is 2.15. The van der Waals surface area contributed by atoms with Gasteiger partial charge in [0.15, 0.2) is 5.78 Å². The van der Waals surface area contributed by atoms with Crippen molar-refractivity contribution in [2.75, 3.05) is 12.0 Å². The summed E-state index contributed by atoms with van der Waals surface area (Å²) >= 11 is 1.52. The van der Waals surface area contributed by atoms with Crippen molar-refractivity contribution in [2.24, 2.45) is 0 Å². The first-order valence-corrected chi connectivity index (χ1v) is 8.28. The molecule has 0 saturated heterocycles. The first-order valence-electron chi connectivity index (χ1n) is 6.88. The van der Waals surface area contributed by atoms with Crippen LogP contribution in [0.25, 0.3) is 0 Å². The molecule has 0 bridgehead atoms. The van der Waals surface area contributed by atoms with Gasteiger partial charge in [-0.25, -0.2) is 0 Å². The highest BCUT2D eigenvalue weighted by atomic mass is 32.2. The molecule has 0 atom stereocenters. The number of Topliss-reactive ketones (excluding diaryl/α,β-unsaturated/α-hetero) is 1. The van der Waals surface area contributed by atoms with Crippen molar-refractivity contribution >= 4 is 17.5 Å². The van der Waals surface area contributed by atoms with Crippen LogP contribution >= 0.6 is 11.8 Å². The molecule has 1 aromatic rings. The predicted molar refractivity (Wildman–Crippen MR) is 88.2 cm³/mol. The second-order valence-corrected chi connectivity index (χ2v) is 8.14. The number of benzene rings is 1. The van der Waals surface area contributed by atoms with Crippen LogP contribution < -0.4 is 0 Å². The Kier molecular flexibility index (Phi) is 4.96. The standard InChI is InChI=1S/C17H26O2S/c1-16(2,3)12-8-11(14(18)10-20-7)9-13(15(12)19)17(4,5)6/h8-9,19H,10H2,1-7H3. The van der Waals surface area contributed by atoms with Gasteiger partial charge in [0.25, 0.3) is 0 Å². The number of carbonyl (C=O) groups is 1. The molecule has 3 heteroatoms. The van der Waals surface area contributed by atoms with Crippen LogP contribution in [-0.2, 0) is 10.8 Å². The van der Waals surface area contributed by atoms with Gasteiger partial charge in [0.05, 0.1) is 5.75 Å². The zero-order valence-electron chi connectivity index (χ0n) is 13.6. The van der Waals surface area contributed by atoms with Crippen LogP contribution in [0.4, 0.5) is 0 Å². The summed E-state index contributed by atoms with van der Waals surface area (Å²) in [6.07, 6.45) is 1.92. The number of thioether (sulfide) groups is 1. The van der Waals surface area contributed by atoms with Crippen LogP contribution in [-0.4, -0.2) is 22.9 Å². The Balaban J connectivity index is 3.55. The van der Waals surface area contributed by atoms with E-state index in [2.05, 4.69) is 41.5 Å². The monoisotopic (exact) mass is 294 g/mol. The topological polar surface area (TPSA) is 37.3 Å². The molecule has 0 saturated carbocycles. The smallest absolute Gasteiger partial charge is 0.172 e. The van der Waals surface area contributed by atoms with Gasteiger partial charge < -0.3 is 5.11 Å². The number of rotatable bonds is 3. The molecule has 0 amide bonds. The van der Waals surface area contributed by atoms with Gasteiger partial charge in [-0.3, -0.25) is 4.79 Å². The van der Waals surface area contributed by atoms with Crippen molar-refractivity contribution in [2.45, 2.75) is 52.4 Å². The number of hydrogen-bond donors (Lipinski definition) is 1. The van der Waals surface area contributed by atoms with E-state index >= 15 is 0 Å². The zero-order valence-corrected chi connectivity index (χ0v) is 14.4. The quantitative estimate of drug-likeness (QED) is 0.832. The average Bonchev–Trinajstić information content (AvgIpc) is 2.26. The normalized spacial score (nSPS) is 12.6. The molecule has 1 aromatic carbocycles. The molecule has 20 heavy (non-hydrogen) atoms. The minimum Gasteiger partial charge on any atom is -0.507 e. The van der Waals surface area contributed by atoms with Gasteiger partial charge in [0.1, 0.15) is 5.75 Å². The number of ketones is 1. The molecule has 1 rings (SSSR count). The first-order chi connectivity index (χ1) is 8.98. The van der Waals surface area contributed by atoms with E-state index in [-0.39, 0.29) is 16.6 Å². The number of hydrogen-bond acceptors (Lipinski definition) is 3. The first kappa shape index (κ1) is 17.1. The van der Waals surface area contributed by atoms with Crippen LogP contribution in [0.5, 0.6) is 5.75 Å². The molecule has 0 spiro atoms. The van der Waals surface area contributed by atoms with Gasteiger partial charge in [-0.05, 0) is 29.2 Å². The highest BCUT2D eigenvalue weighted by molar-refractivity contribution is 7.99. The third kappa shape index (κ3) is 3.78. The van der Waals surface area contributed by atoms with E-state index in [0.717, 1.165) is 11.1 Å². The minimum absolute atomic E-state index is 0.119. The summed E-state index contributed by atoms with van der Waals surface area (Å²) in [5.74, 6) is 0.914. The summed E-state index contributed by atoms with van der Waals surface area (Å²) in [6.45, 7) is 12.3. The van der Waals surface area contributed by atoms with E-state index in [9.17, 15) is 9.90 Å². The second kappa shape index (κ2) is 5.80. The Bertz CT molecular complexity index is 470. The van der Waals surface area contributed by atoms with Gasteiger partial charge in [-0.2, -0.15) is 11.8 Å². The second-order valence-electron chi connectivity index (χ2n) is 7.28. The summed E-state index contributed by atoms with van der Waals surface area (Å²) < 4.78 is 0. The molecule has 0 unspecified atom stereocenters. The van der Waals surface area contributed by atoms with E-state index in [0.29, 0.717) is 17.1 Å². The lowest BCUT2D eigenvalue weighted by atomic mass is 9.78. The van der Waals surface area contributed by atoms with Gasteiger partial charge in [-0.15, -0.1) is 0 Å². The molecular formula is C17H26O2S. The van der Waals surface area contributed by atoms with Crippen LogP contribution in [0.2, 0.25) is 0 Å². The van der Waals surface area contributed by atoms with E-state index in [1.807, 2.05) is 18.4 Å². The van der Waals surface area contributed by atoms with Gasteiger partial charge >= 0.3 is 0 Å². The Morgan fingerprint density at radius 3 is 1.75 bits per heavy atom. The van der Waals surface area contributed by atoms with Crippen LogP contribution in [0, 0.1) is 0 Å². The predicted octanol–water partition coefficient (Wildman–Crippen LogP) is 4.53. The maximum Gasteiger partial charge on any atom is 0.172 e. The lowest BCUT2D eigenvalue weighted by Gasteiger charge is -2.28. The van der Waals surface area contributed by atoms with E-state index in [4.69, 9.17) is 0 Å². The molecule has 1 N–H and O–H groups in total. The molecule has 0 aromatic heterocycles. The largest absolute Gasteiger partial charge is 0.507 e. The maximum absolute atomic E-state index is 12.2. The Morgan fingerprint density at radius 1 is 1.05 bits per heavy atom. The molecule has 0 aliphatic rings. The van der Waals surface area contributed by atoms with Crippen molar-refractivity contribution in [3.05, 3.63) is 28.8 Å². The lowest BCUT2D eigenvalue weighted by molar-refractivity contribution is 0.102.